The summed E-state index contributed by atoms with van der Waals surface area (Å²) >= 11 is 0. The number of hydrogen-bond acceptors (Lipinski definition) is 8. The minimum Gasteiger partial charge on any atom is -0.503 e. The first kappa shape index (κ1) is 24.6. The van der Waals surface area contributed by atoms with E-state index in [-0.39, 0.29) is 61.6 Å². The number of anilines is 1. The number of nitrogens with zero attached hydrogens (tertiary/aromatic N) is 6. The second-order valence-corrected chi connectivity index (χ2v) is 10.7. The second kappa shape index (κ2) is 7.94. The van der Waals surface area contributed by atoms with Gasteiger partial charge in [0, 0.05) is 38.4 Å². The number of rotatable bonds is 3. The third-order valence-electron chi connectivity index (χ3n) is 6.32. The highest BCUT2D eigenvalue weighted by Crippen LogP contribution is 2.41. The number of hydrogen-bond donors (Lipinski definition) is 1. The van der Waals surface area contributed by atoms with Gasteiger partial charge in [-0.05, 0) is 6.07 Å². The average Bonchev–Trinajstić information content (AvgIpc) is 3.10. The summed E-state index contributed by atoms with van der Waals surface area (Å²) in [6.45, 7) is 1.07. The largest absolute Gasteiger partial charge is 0.503 e. The van der Waals surface area contributed by atoms with Crippen molar-refractivity contribution in [2.75, 3.05) is 44.0 Å². The van der Waals surface area contributed by atoms with Gasteiger partial charge in [0.1, 0.15) is 5.69 Å². The lowest BCUT2D eigenvalue weighted by molar-refractivity contribution is -0.140. The van der Waals surface area contributed by atoms with E-state index in [1.54, 1.807) is 4.90 Å². The smallest absolute Gasteiger partial charge is 0.419 e. The van der Waals surface area contributed by atoms with Gasteiger partial charge in [0.05, 0.1) is 36.0 Å². The monoisotopic (exact) mass is 534 g/mol. The van der Waals surface area contributed by atoms with Crippen molar-refractivity contribution < 1.29 is 40.2 Å². The fraction of sp³-hybridized carbons (Fsp3) is 0.450. The van der Waals surface area contributed by atoms with Crippen LogP contribution in [0, 0.1) is 11.6 Å². The van der Waals surface area contributed by atoms with Crippen molar-refractivity contribution in [3.05, 3.63) is 29.5 Å². The minimum absolute atomic E-state index is 0.0655. The Kier molecular flexibility index (Phi) is 5.42. The van der Waals surface area contributed by atoms with Crippen LogP contribution < -0.4 is 4.90 Å². The van der Waals surface area contributed by atoms with E-state index in [0.717, 1.165) is 6.26 Å². The fourth-order valence-electron chi connectivity index (χ4n) is 4.60. The van der Waals surface area contributed by atoms with Gasteiger partial charge in [-0.2, -0.15) is 27.6 Å². The summed E-state index contributed by atoms with van der Waals surface area (Å²) in [4.78, 5) is 10.4. The Hall–Kier alpha value is -3.11. The predicted octanol–water partition coefficient (Wildman–Crippen LogP) is 1.88. The van der Waals surface area contributed by atoms with Crippen LogP contribution in [0.4, 0.5) is 27.9 Å². The summed E-state index contributed by atoms with van der Waals surface area (Å²) in [7, 11) is -2.06. The van der Waals surface area contributed by atoms with Crippen molar-refractivity contribution >= 4 is 27.0 Å². The number of fused-ring (bicyclic) bond motifs is 1. The molecule has 2 aliphatic heterocycles. The molecule has 1 aromatic carbocycles. The van der Waals surface area contributed by atoms with Gasteiger partial charge in [0.15, 0.2) is 23.0 Å². The molecule has 1 N–H and O–H groups in total. The molecule has 0 aliphatic carbocycles. The van der Waals surface area contributed by atoms with E-state index in [1.165, 1.54) is 22.2 Å². The number of aryl methyl sites for hydroxylation is 1. The molecular weight excluding hydrogens is 515 g/mol. The van der Waals surface area contributed by atoms with Crippen molar-refractivity contribution in [1.29, 1.82) is 0 Å². The van der Waals surface area contributed by atoms with Gasteiger partial charge in [-0.25, -0.2) is 26.9 Å². The van der Waals surface area contributed by atoms with Crippen molar-refractivity contribution in [1.82, 2.24) is 24.1 Å². The quantitative estimate of drug-likeness (QED) is 0.507. The zero-order valence-corrected chi connectivity index (χ0v) is 19.7. The molecule has 0 amide bonds. The third kappa shape index (κ3) is 3.74. The van der Waals surface area contributed by atoms with Gasteiger partial charge >= 0.3 is 6.18 Å². The topological polar surface area (TPSA) is 114 Å². The van der Waals surface area contributed by atoms with E-state index in [9.17, 15) is 35.5 Å². The van der Waals surface area contributed by atoms with Gasteiger partial charge in [-0.3, -0.25) is 0 Å². The van der Waals surface area contributed by atoms with Gasteiger partial charge < -0.3 is 14.7 Å². The number of aromatic hydroxyl groups is 1. The maximum atomic E-state index is 14.7. The Morgan fingerprint density at radius 1 is 1.17 bits per heavy atom. The Morgan fingerprint density at radius 3 is 2.44 bits per heavy atom. The lowest BCUT2D eigenvalue weighted by Crippen LogP contribution is -2.72. The Bertz CT molecular complexity index is 1490. The zero-order chi connectivity index (χ0) is 26.2. The summed E-state index contributed by atoms with van der Waals surface area (Å²) < 4.78 is 101. The third-order valence-corrected chi connectivity index (χ3v) is 7.69. The number of alkyl halides is 3. The van der Waals surface area contributed by atoms with E-state index < -0.39 is 50.2 Å². The van der Waals surface area contributed by atoms with E-state index in [1.807, 2.05) is 0 Å². The van der Waals surface area contributed by atoms with Crippen LogP contribution in [-0.2, 0) is 28.0 Å². The standard InChI is InChI=1S/C20H19F5N6O4S/c1-29-17-11(15(28-29)10-5-12(20(23,24)25)14(22)16(32)13(10)21)6-26-18(27-17)30-3-4-31(36(2,33)34)19(7-30)8-35-9-19/h5-6,32H,3-4,7-9H2,1-2H3. The van der Waals surface area contributed by atoms with Crippen molar-refractivity contribution in [3.8, 4) is 17.0 Å². The highest BCUT2D eigenvalue weighted by Gasteiger charge is 2.52. The van der Waals surface area contributed by atoms with Crippen LogP contribution in [0.3, 0.4) is 0 Å². The molecular formula is C20H19F5N6O4S. The molecule has 4 heterocycles. The molecule has 194 valence electrons. The van der Waals surface area contributed by atoms with Gasteiger partial charge in [0.25, 0.3) is 0 Å². The Labute approximate surface area is 201 Å². The number of aromatic nitrogens is 4. The number of phenolic OH excluding ortho intramolecular Hbond substituents is 1. The Balaban J connectivity index is 1.56. The molecule has 0 radical (unpaired) electrons. The molecule has 2 aliphatic rings. The van der Waals surface area contributed by atoms with Crippen LogP contribution >= 0.6 is 0 Å². The lowest BCUT2D eigenvalue weighted by atomic mass is 9.94. The first-order chi connectivity index (χ1) is 16.7. The molecule has 1 spiro atoms. The van der Waals surface area contributed by atoms with Crippen molar-refractivity contribution in [3.63, 3.8) is 0 Å². The molecule has 3 aromatic rings. The molecule has 0 unspecified atom stereocenters. The molecule has 2 saturated heterocycles. The number of benzene rings is 1. The SMILES string of the molecule is Cn1nc(-c2cc(C(F)(F)F)c(F)c(O)c2F)c2cnc(N3CCN(S(C)(=O)=O)C4(COC4)C3)nc21. The van der Waals surface area contributed by atoms with E-state index in [0.29, 0.717) is 0 Å². The first-order valence-corrected chi connectivity index (χ1v) is 12.4. The highest BCUT2D eigenvalue weighted by atomic mass is 32.2. The Morgan fingerprint density at radius 2 is 1.86 bits per heavy atom. The highest BCUT2D eigenvalue weighted by molar-refractivity contribution is 7.88. The van der Waals surface area contributed by atoms with Crippen LogP contribution in [0.2, 0.25) is 0 Å². The molecule has 0 bridgehead atoms. The van der Waals surface area contributed by atoms with Gasteiger partial charge in [-0.1, -0.05) is 0 Å². The fourth-order valence-corrected chi connectivity index (χ4v) is 5.88. The van der Waals surface area contributed by atoms with E-state index in [4.69, 9.17) is 4.74 Å². The van der Waals surface area contributed by atoms with Crippen LogP contribution in [0.25, 0.3) is 22.3 Å². The molecule has 10 nitrogen and oxygen atoms in total. The molecule has 36 heavy (non-hydrogen) atoms. The molecule has 2 fully saturated rings. The van der Waals surface area contributed by atoms with Crippen LogP contribution in [-0.4, -0.2) is 82.2 Å². The maximum absolute atomic E-state index is 14.7. The summed E-state index contributed by atoms with van der Waals surface area (Å²) in [5.74, 6) is -5.29. The summed E-state index contributed by atoms with van der Waals surface area (Å²) in [6.07, 6.45) is -2.83. The van der Waals surface area contributed by atoms with E-state index in [2.05, 4.69) is 15.1 Å². The second-order valence-electron chi connectivity index (χ2n) is 8.80. The normalized spacial score (nSPS) is 18.7. The number of phenols is 1. The van der Waals surface area contributed by atoms with Crippen LogP contribution in [0.15, 0.2) is 12.3 Å². The summed E-state index contributed by atoms with van der Waals surface area (Å²) in [5, 5.41) is 13.8. The average molecular weight is 534 g/mol. The number of sulfonamides is 1. The summed E-state index contributed by atoms with van der Waals surface area (Å²) in [6, 6.07) is 0.241. The lowest BCUT2D eigenvalue weighted by Gasteiger charge is -2.53. The number of piperazine rings is 1. The predicted molar refractivity (Wildman–Crippen MR) is 116 cm³/mol. The first-order valence-electron chi connectivity index (χ1n) is 10.5. The molecule has 0 saturated carbocycles. The van der Waals surface area contributed by atoms with Crippen LogP contribution in [0.1, 0.15) is 5.56 Å². The van der Waals surface area contributed by atoms with Crippen LogP contribution in [0.5, 0.6) is 5.75 Å². The number of halogens is 5. The van der Waals surface area contributed by atoms with Crippen molar-refractivity contribution in [2.45, 2.75) is 11.7 Å². The minimum atomic E-state index is -5.19. The molecule has 0 atom stereocenters. The van der Waals surface area contributed by atoms with Gasteiger partial charge in [0.2, 0.25) is 16.0 Å². The number of ether oxygens (including phenoxy) is 1. The summed E-state index contributed by atoms with van der Waals surface area (Å²) in [5.41, 5.74) is -3.57. The zero-order valence-electron chi connectivity index (χ0n) is 18.8. The molecule has 5 rings (SSSR count). The maximum Gasteiger partial charge on any atom is 0.419 e. The van der Waals surface area contributed by atoms with Crippen molar-refractivity contribution in [2.24, 2.45) is 7.05 Å². The van der Waals surface area contributed by atoms with E-state index >= 15 is 0 Å². The molecule has 16 heteroatoms. The van der Waals surface area contributed by atoms with Gasteiger partial charge in [-0.15, -0.1) is 0 Å². The molecule has 2 aromatic heterocycles.